The Kier molecular flexibility index (Phi) is 6.84. The maximum absolute atomic E-state index is 12.8. The Bertz CT molecular complexity index is 471. The van der Waals surface area contributed by atoms with Crippen molar-refractivity contribution in [3.8, 4) is 0 Å². The third-order valence-corrected chi connectivity index (χ3v) is 5.31. The minimum atomic E-state index is -0.138. The lowest BCUT2D eigenvalue weighted by Crippen LogP contribution is -2.44. The van der Waals surface area contributed by atoms with Crippen molar-refractivity contribution in [1.82, 2.24) is 15.1 Å². The van der Waals surface area contributed by atoms with E-state index in [1.54, 1.807) is 0 Å². The van der Waals surface area contributed by atoms with Crippen LogP contribution in [0.5, 0.6) is 0 Å². The number of likely N-dealkylation sites (tertiary alicyclic amines) is 1. The molecule has 1 saturated heterocycles. The molecule has 0 radical (unpaired) electrons. The lowest BCUT2D eigenvalue weighted by atomic mass is 9.88. The molecule has 136 valence electrons. The third kappa shape index (κ3) is 4.82. The van der Waals surface area contributed by atoms with Crippen LogP contribution in [0.15, 0.2) is 12.2 Å². The molecule has 0 aromatic rings. The first-order valence-corrected chi connectivity index (χ1v) is 9.36. The Balaban J connectivity index is 1.89. The molecule has 0 bridgehead atoms. The van der Waals surface area contributed by atoms with Crippen molar-refractivity contribution in [3.63, 3.8) is 0 Å². The largest absolute Gasteiger partial charge is 0.352 e. The Hall–Kier alpha value is -1.36. The minimum absolute atomic E-state index is 0.0851. The highest BCUT2D eigenvalue weighted by molar-refractivity contribution is 5.83. The summed E-state index contributed by atoms with van der Waals surface area (Å²) in [5.74, 6) is 0.516. The van der Waals surface area contributed by atoms with Gasteiger partial charge < -0.3 is 10.2 Å². The fraction of sp³-hybridized carbons (Fsp3) is 0.789. The smallest absolute Gasteiger partial charge is 0.240 e. The molecule has 0 aromatic carbocycles. The fourth-order valence-corrected chi connectivity index (χ4v) is 3.96. The molecule has 2 fully saturated rings. The van der Waals surface area contributed by atoms with E-state index < -0.39 is 0 Å². The molecule has 1 saturated carbocycles. The number of nitrogens with one attached hydrogen (secondary N) is 1. The number of rotatable bonds is 6. The molecule has 0 spiro atoms. The second kappa shape index (κ2) is 8.65. The first kappa shape index (κ1) is 19.0. The van der Waals surface area contributed by atoms with Gasteiger partial charge in [0.15, 0.2) is 0 Å². The summed E-state index contributed by atoms with van der Waals surface area (Å²) in [6.07, 6.45) is 6.31. The number of nitrogens with zero attached hydrogens (tertiary/aromatic N) is 2. The number of carbonyl (C=O) groups excluding carboxylic acids is 2. The SMILES string of the molecule is C=C(C)CN(CC)C(=O)[C@@H]1C[C@H](NC(=O)C2CCCCC2)CN1C. The maximum atomic E-state index is 12.8. The average Bonchev–Trinajstić information content (AvgIpc) is 2.92. The summed E-state index contributed by atoms with van der Waals surface area (Å²) >= 11 is 0. The van der Waals surface area contributed by atoms with Crippen molar-refractivity contribution in [3.05, 3.63) is 12.2 Å². The monoisotopic (exact) mass is 335 g/mol. The molecule has 2 atom stereocenters. The standard InChI is InChI=1S/C19H33N3O2/c1-5-22(12-14(2)3)19(24)17-11-16(13-21(17)4)20-18(23)15-9-7-6-8-10-15/h15-17H,2,5-13H2,1,3-4H3,(H,20,23)/t16-,17-/m0/s1. The summed E-state index contributed by atoms with van der Waals surface area (Å²) < 4.78 is 0. The molecular weight excluding hydrogens is 302 g/mol. The molecule has 0 unspecified atom stereocenters. The predicted molar refractivity (Wildman–Crippen MR) is 96.6 cm³/mol. The van der Waals surface area contributed by atoms with E-state index in [0.29, 0.717) is 19.5 Å². The molecule has 1 aliphatic carbocycles. The molecule has 2 rings (SSSR count). The highest BCUT2D eigenvalue weighted by Gasteiger charge is 2.37. The van der Waals surface area contributed by atoms with Crippen molar-refractivity contribution in [2.24, 2.45) is 5.92 Å². The summed E-state index contributed by atoms with van der Waals surface area (Å²) in [5, 5.41) is 3.19. The minimum Gasteiger partial charge on any atom is -0.352 e. The van der Waals surface area contributed by atoms with Crippen LogP contribution in [0.1, 0.15) is 52.4 Å². The van der Waals surface area contributed by atoms with Gasteiger partial charge in [-0.25, -0.2) is 0 Å². The molecule has 1 aliphatic heterocycles. The second-order valence-electron chi connectivity index (χ2n) is 7.54. The van der Waals surface area contributed by atoms with Gasteiger partial charge >= 0.3 is 0 Å². The van der Waals surface area contributed by atoms with E-state index in [1.165, 1.54) is 6.42 Å². The van der Waals surface area contributed by atoms with Gasteiger partial charge in [-0.05, 0) is 40.2 Å². The van der Waals surface area contributed by atoms with E-state index in [9.17, 15) is 9.59 Å². The van der Waals surface area contributed by atoms with Gasteiger partial charge in [-0.3, -0.25) is 14.5 Å². The van der Waals surface area contributed by atoms with Crippen LogP contribution in [0, 0.1) is 5.92 Å². The van der Waals surface area contributed by atoms with Gasteiger partial charge in [0.25, 0.3) is 0 Å². The van der Waals surface area contributed by atoms with Crippen molar-refractivity contribution < 1.29 is 9.59 Å². The average molecular weight is 335 g/mol. The summed E-state index contributed by atoms with van der Waals surface area (Å²) in [4.78, 5) is 29.2. The highest BCUT2D eigenvalue weighted by atomic mass is 16.2. The Morgan fingerprint density at radius 3 is 2.50 bits per heavy atom. The topological polar surface area (TPSA) is 52.7 Å². The van der Waals surface area contributed by atoms with E-state index in [1.807, 2.05) is 25.8 Å². The molecule has 2 amide bonds. The highest BCUT2D eigenvalue weighted by Crippen LogP contribution is 2.25. The van der Waals surface area contributed by atoms with Gasteiger partial charge in [0.05, 0.1) is 6.04 Å². The normalized spacial score (nSPS) is 25.5. The van der Waals surface area contributed by atoms with Gasteiger partial charge in [0.2, 0.25) is 11.8 Å². The molecule has 0 aromatic heterocycles. The van der Waals surface area contributed by atoms with Gasteiger partial charge in [-0.2, -0.15) is 0 Å². The number of hydrogen-bond donors (Lipinski definition) is 1. The van der Waals surface area contributed by atoms with E-state index in [-0.39, 0.29) is 29.8 Å². The zero-order chi connectivity index (χ0) is 17.7. The fourth-order valence-electron chi connectivity index (χ4n) is 3.96. The molecular formula is C19H33N3O2. The van der Waals surface area contributed by atoms with Gasteiger partial charge in [-0.1, -0.05) is 31.4 Å². The maximum Gasteiger partial charge on any atom is 0.240 e. The van der Waals surface area contributed by atoms with Crippen molar-refractivity contribution in [1.29, 1.82) is 0 Å². The third-order valence-electron chi connectivity index (χ3n) is 5.31. The number of carbonyl (C=O) groups is 2. The van der Waals surface area contributed by atoms with Crippen molar-refractivity contribution in [2.45, 2.75) is 64.5 Å². The number of hydrogen-bond acceptors (Lipinski definition) is 3. The molecule has 5 heteroatoms. The van der Waals surface area contributed by atoms with Crippen molar-refractivity contribution >= 4 is 11.8 Å². The van der Waals surface area contributed by atoms with Crippen LogP contribution in [-0.4, -0.2) is 60.4 Å². The molecule has 24 heavy (non-hydrogen) atoms. The molecule has 1 heterocycles. The van der Waals surface area contributed by atoms with E-state index in [0.717, 1.165) is 37.8 Å². The number of amides is 2. The van der Waals surface area contributed by atoms with Gasteiger partial charge in [-0.15, -0.1) is 0 Å². The van der Waals surface area contributed by atoms with E-state index in [2.05, 4.69) is 16.8 Å². The lowest BCUT2D eigenvalue weighted by Gasteiger charge is -2.27. The number of likely N-dealkylation sites (N-methyl/N-ethyl adjacent to an activating group) is 2. The summed E-state index contributed by atoms with van der Waals surface area (Å²) in [5.41, 5.74) is 0.994. The Labute approximate surface area is 146 Å². The van der Waals surface area contributed by atoms with Crippen LogP contribution in [0.25, 0.3) is 0 Å². The summed E-state index contributed by atoms with van der Waals surface area (Å²) in [6, 6.07) is -0.0529. The quantitative estimate of drug-likeness (QED) is 0.757. The molecule has 2 aliphatic rings. The zero-order valence-corrected chi connectivity index (χ0v) is 15.5. The van der Waals surface area contributed by atoms with E-state index in [4.69, 9.17) is 0 Å². The van der Waals surface area contributed by atoms with Gasteiger partial charge in [0, 0.05) is 31.6 Å². The van der Waals surface area contributed by atoms with Crippen LogP contribution in [0.4, 0.5) is 0 Å². The zero-order valence-electron chi connectivity index (χ0n) is 15.5. The van der Waals surface area contributed by atoms with Crippen LogP contribution < -0.4 is 5.32 Å². The van der Waals surface area contributed by atoms with Crippen LogP contribution >= 0.6 is 0 Å². The Morgan fingerprint density at radius 2 is 1.92 bits per heavy atom. The molecule has 5 nitrogen and oxygen atoms in total. The summed E-state index contributed by atoms with van der Waals surface area (Å²) in [7, 11) is 1.98. The summed E-state index contributed by atoms with van der Waals surface area (Å²) in [6.45, 7) is 9.91. The van der Waals surface area contributed by atoms with E-state index >= 15 is 0 Å². The van der Waals surface area contributed by atoms with Crippen LogP contribution in [-0.2, 0) is 9.59 Å². The Morgan fingerprint density at radius 1 is 1.25 bits per heavy atom. The van der Waals surface area contributed by atoms with Gasteiger partial charge in [0.1, 0.15) is 0 Å². The van der Waals surface area contributed by atoms with Crippen LogP contribution in [0.3, 0.4) is 0 Å². The lowest BCUT2D eigenvalue weighted by molar-refractivity contribution is -0.135. The first-order valence-electron chi connectivity index (χ1n) is 9.36. The molecule has 1 N–H and O–H groups in total. The van der Waals surface area contributed by atoms with Crippen LogP contribution in [0.2, 0.25) is 0 Å². The van der Waals surface area contributed by atoms with Crippen molar-refractivity contribution in [2.75, 3.05) is 26.7 Å². The first-order chi connectivity index (χ1) is 11.4. The predicted octanol–water partition coefficient (Wildman–Crippen LogP) is 2.18. The second-order valence-corrected chi connectivity index (χ2v) is 7.54.